The molecule has 0 spiro atoms. The van der Waals surface area contributed by atoms with Gasteiger partial charge in [-0.25, -0.2) is 0 Å². The maximum atomic E-state index is 10.1. The molecule has 0 heterocycles. The molecule has 2 rings (SSSR count). The maximum absolute atomic E-state index is 10.1. The van der Waals surface area contributed by atoms with Gasteiger partial charge in [-0.2, -0.15) is 0 Å². The molecule has 0 amide bonds. The smallest absolute Gasteiger partial charge is 0.112 e. The molecule has 0 radical (unpaired) electrons. The number of aliphatic hydroxyl groups is 4. The third-order valence-corrected chi connectivity index (χ3v) is 4.18. The molecule has 0 aliphatic heterocycles. The van der Waals surface area contributed by atoms with Crippen LogP contribution in [0.15, 0.2) is 60.7 Å². The average Bonchev–Trinajstić information content (AvgIpc) is 2.65. The summed E-state index contributed by atoms with van der Waals surface area (Å²) in [5, 5.41) is 40.2. The van der Waals surface area contributed by atoms with E-state index >= 15 is 0 Å². The molecule has 0 aliphatic rings. The van der Waals surface area contributed by atoms with E-state index in [-0.39, 0.29) is 0 Å². The fourth-order valence-electron chi connectivity index (χ4n) is 2.41. The summed E-state index contributed by atoms with van der Waals surface area (Å²) in [6.07, 6.45) is 0.513. The van der Waals surface area contributed by atoms with Gasteiger partial charge in [0.1, 0.15) is 24.4 Å². The van der Waals surface area contributed by atoms with Crippen LogP contribution in [0.5, 0.6) is 0 Å². The van der Waals surface area contributed by atoms with Crippen LogP contribution in [0.4, 0.5) is 0 Å². The number of hydrogen-bond donors (Lipinski definition) is 4. The first-order chi connectivity index (χ1) is 12.4. The number of aryl methyl sites for hydroxylation is 2. The highest BCUT2D eigenvalue weighted by atomic mass is 16.4. The molecule has 0 aromatic heterocycles. The topological polar surface area (TPSA) is 80.9 Å². The molecule has 26 heavy (non-hydrogen) atoms. The van der Waals surface area contributed by atoms with Crippen LogP contribution >= 0.6 is 0 Å². The average molecular weight is 354 g/mol. The minimum Gasteiger partial charge on any atom is -0.387 e. The Bertz CT molecular complexity index is 666. The summed E-state index contributed by atoms with van der Waals surface area (Å²) in [4.78, 5) is 0. The first-order valence-corrected chi connectivity index (χ1v) is 8.59. The predicted octanol–water partition coefficient (Wildman–Crippen LogP) is 2.47. The molecule has 4 N–H and O–H groups in total. The van der Waals surface area contributed by atoms with Crippen molar-refractivity contribution in [1.82, 2.24) is 0 Å². The standard InChI is InChI=1S/C22H26O4/c1-15-3-7-17(8-4-15)11-13-19(23)21(25)22(26)20(24)14-12-18-9-5-16(2)6-10-18/h3-14,19-26H,1-2H3/b13-11+,14-12+/t19-,20+,21-,22-/m1/s1. The van der Waals surface area contributed by atoms with E-state index in [4.69, 9.17) is 0 Å². The lowest BCUT2D eigenvalue weighted by Crippen LogP contribution is -2.42. The van der Waals surface area contributed by atoms with E-state index < -0.39 is 24.4 Å². The van der Waals surface area contributed by atoms with Crippen molar-refractivity contribution in [3.63, 3.8) is 0 Å². The van der Waals surface area contributed by atoms with Crippen molar-refractivity contribution in [1.29, 1.82) is 0 Å². The predicted molar refractivity (Wildman–Crippen MR) is 104 cm³/mol. The summed E-state index contributed by atoms with van der Waals surface area (Å²) in [6.45, 7) is 3.96. The zero-order valence-electron chi connectivity index (χ0n) is 15.0. The molecule has 4 heteroatoms. The molecule has 0 aliphatic carbocycles. The Morgan fingerprint density at radius 1 is 0.577 bits per heavy atom. The normalized spacial score (nSPS) is 16.7. The molecule has 0 saturated carbocycles. The van der Waals surface area contributed by atoms with Gasteiger partial charge in [0, 0.05) is 0 Å². The van der Waals surface area contributed by atoms with Crippen LogP contribution < -0.4 is 0 Å². The Kier molecular flexibility index (Phi) is 7.30. The number of rotatable bonds is 7. The van der Waals surface area contributed by atoms with Gasteiger partial charge >= 0.3 is 0 Å². The summed E-state index contributed by atoms with van der Waals surface area (Å²) in [7, 11) is 0. The van der Waals surface area contributed by atoms with Crippen molar-refractivity contribution >= 4 is 12.2 Å². The summed E-state index contributed by atoms with van der Waals surface area (Å²) in [5.74, 6) is 0. The summed E-state index contributed by atoms with van der Waals surface area (Å²) in [5.41, 5.74) is 4.00. The van der Waals surface area contributed by atoms with E-state index in [1.165, 1.54) is 12.2 Å². The zero-order chi connectivity index (χ0) is 19.1. The second kappa shape index (κ2) is 9.46. The molecule has 138 valence electrons. The van der Waals surface area contributed by atoms with Crippen LogP contribution in [-0.2, 0) is 0 Å². The molecule has 0 bridgehead atoms. The molecular formula is C22H26O4. The van der Waals surface area contributed by atoms with E-state index in [0.29, 0.717) is 0 Å². The summed E-state index contributed by atoms with van der Waals surface area (Å²) < 4.78 is 0. The largest absolute Gasteiger partial charge is 0.387 e. The fraction of sp³-hybridized carbons (Fsp3) is 0.273. The van der Waals surface area contributed by atoms with Crippen LogP contribution in [0.2, 0.25) is 0 Å². The van der Waals surface area contributed by atoms with Gasteiger partial charge in [-0.1, -0.05) is 84.0 Å². The molecule has 2 aromatic rings. The highest BCUT2D eigenvalue weighted by Gasteiger charge is 2.27. The number of hydrogen-bond acceptors (Lipinski definition) is 4. The van der Waals surface area contributed by atoms with Crippen LogP contribution in [-0.4, -0.2) is 44.8 Å². The summed E-state index contributed by atoms with van der Waals surface area (Å²) in [6, 6.07) is 15.3. The zero-order valence-corrected chi connectivity index (χ0v) is 15.0. The van der Waals surface area contributed by atoms with Gasteiger partial charge in [0.05, 0.1) is 0 Å². The van der Waals surface area contributed by atoms with Gasteiger partial charge < -0.3 is 20.4 Å². The van der Waals surface area contributed by atoms with Crippen molar-refractivity contribution in [2.24, 2.45) is 0 Å². The highest BCUT2D eigenvalue weighted by Crippen LogP contribution is 2.12. The van der Waals surface area contributed by atoms with Crippen molar-refractivity contribution in [2.45, 2.75) is 38.3 Å². The highest BCUT2D eigenvalue weighted by molar-refractivity contribution is 5.51. The fourth-order valence-corrected chi connectivity index (χ4v) is 2.41. The Balaban J connectivity index is 1.94. The third kappa shape index (κ3) is 5.93. The third-order valence-electron chi connectivity index (χ3n) is 4.18. The Morgan fingerprint density at radius 2 is 0.885 bits per heavy atom. The van der Waals surface area contributed by atoms with Crippen molar-refractivity contribution < 1.29 is 20.4 Å². The lowest BCUT2D eigenvalue weighted by Gasteiger charge is -2.23. The van der Waals surface area contributed by atoms with Crippen molar-refractivity contribution in [3.05, 3.63) is 82.9 Å². The van der Waals surface area contributed by atoms with Crippen LogP contribution in [0, 0.1) is 13.8 Å². The maximum Gasteiger partial charge on any atom is 0.112 e. The van der Waals surface area contributed by atoms with E-state index in [0.717, 1.165) is 22.3 Å². The number of aliphatic hydroxyl groups excluding tert-OH is 4. The molecule has 2 aromatic carbocycles. The second-order valence-corrected chi connectivity index (χ2v) is 6.50. The van der Waals surface area contributed by atoms with Gasteiger partial charge in [-0.15, -0.1) is 0 Å². The lowest BCUT2D eigenvalue weighted by atomic mass is 10.0. The lowest BCUT2D eigenvalue weighted by molar-refractivity contribution is -0.0796. The molecule has 0 saturated heterocycles. The first-order valence-electron chi connectivity index (χ1n) is 8.59. The second-order valence-electron chi connectivity index (χ2n) is 6.50. The van der Waals surface area contributed by atoms with Gasteiger partial charge in [-0.3, -0.25) is 0 Å². The van der Waals surface area contributed by atoms with Gasteiger partial charge in [0.2, 0.25) is 0 Å². The molecule has 4 atom stereocenters. The van der Waals surface area contributed by atoms with Crippen LogP contribution in [0.3, 0.4) is 0 Å². The van der Waals surface area contributed by atoms with Gasteiger partial charge in [-0.05, 0) is 25.0 Å². The van der Waals surface area contributed by atoms with E-state index in [9.17, 15) is 20.4 Å². The van der Waals surface area contributed by atoms with E-state index in [1.807, 2.05) is 62.4 Å². The minimum atomic E-state index is -1.51. The van der Waals surface area contributed by atoms with Gasteiger partial charge in [0.25, 0.3) is 0 Å². The Hall–Kier alpha value is -2.24. The van der Waals surface area contributed by atoms with Crippen LogP contribution in [0.25, 0.3) is 12.2 Å². The van der Waals surface area contributed by atoms with Crippen LogP contribution in [0.1, 0.15) is 22.3 Å². The molecular weight excluding hydrogens is 328 g/mol. The molecule has 0 unspecified atom stereocenters. The Labute approximate surface area is 154 Å². The quantitative estimate of drug-likeness (QED) is 0.616. The monoisotopic (exact) mass is 354 g/mol. The first kappa shape index (κ1) is 20.1. The minimum absolute atomic E-state index is 0.871. The molecule has 4 nitrogen and oxygen atoms in total. The van der Waals surface area contributed by atoms with E-state index in [2.05, 4.69) is 0 Å². The van der Waals surface area contributed by atoms with Crippen molar-refractivity contribution in [2.75, 3.05) is 0 Å². The summed E-state index contributed by atoms with van der Waals surface area (Å²) >= 11 is 0. The number of benzene rings is 2. The van der Waals surface area contributed by atoms with Crippen molar-refractivity contribution in [3.8, 4) is 0 Å². The van der Waals surface area contributed by atoms with E-state index in [1.54, 1.807) is 12.2 Å². The van der Waals surface area contributed by atoms with Gasteiger partial charge in [0.15, 0.2) is 0 Å². The SMILES string of the molecule is Cc1ccc(/C=C/[C@@H](O)[C@@H](O)[C@H](O)[C@@H](O)/C=C/c2ccc(C)cc2)cc1. The Morgan fingerprint density at radius 3 is 1.19 bits per heavy atom. The molecule has 0 fully saturated rings.